The first kappa shape index (κ1) is 17.1. The van der Waals surface area contributed by atoms with Crippen LogP contribution in [-0.4, -0.2) is 25.8 Å². The lowest BCUT2D eigenvalue weighted by molar-refractivity contribution is 0.0697. The van der Waals surface area contributed by atoms with E-state index in [1.165, 1.54) is 10.7 Å². The van der Waals surface area contributed by atoms with Crippen LogP contribution in [0.3, 0.4) is 0 Å². The number of pyridine rings is 1. The average Bonchev–Trinajstić information content (AvgIpc) is 2.99. The Morgan fingerprint density at radius 2 is 1.93 bits per heavy atom. The van der Waals surface area contributed by atoms with Gasteiger partial charge in [0.25, 0.3) is 5.56 Å². The van der Waals surface area contributed by atoms with Gasteiger partial charge >= 0.3 is 5.97 Å². The molecule has 0 atom stereocenters. The molecule has 0 radical (unpaired) electrons. The van der Waals surface area contributed by atoms with Gasteiger partial charge in [-0.3, -0.25) is 4.79 Å². The molecule has 0 aromatic heterocycles. The zero-order valence-corrected chi connectivity index (χ0v) is 15.0. The minimum absolute atomic E-state index is 0.170. The molecule has 0 fully saturated rings. The third kappa shape index (κ3) is 2.90. The van der Waals surface area contributed by atoms with Crippen molar-refractivity contribution in [3.63, 3.8) is 0 Å². The molecule has 27 heavy (non-hydrogen) atoms. The van der Waals surface area contributed by atoms with E-state index >= 15 is 0 Å². The number of aromatic carboxylic acids is 1. The summed E-state index contributed by atoms with van der Waals surface area (Å²) in [6.45, 7) is 1.86. The molecule has 6 nitrogen and oxygen atoms in total. The van der Waals surface area contributed by atoms with Gasteiger partial charge in [0.15, 0.2) is 0 Å². The Bertz CT molecular complexity index is 1190. The smallest absolute Gasteiger partial charge is 0.335 e. The van der Waals surface area contributed by atoms with Crippen LogP contribution < -0.4 is 5.56 Å². The number of aromatic nitrogens is 3. The second kappa shape index (κ2) is 6.41. The molecule has 0 saturated carbocycles. The van der Waals surface area contributed by atoms with E-state index in [2.05, 4.69) is 10.1 Å². The number of halogens is 1. The average molecular weight is 380 g/mol. The number of H-pyrrole nitrogens is 1. The molecule has 2 aromatic carbocycles. The van der Waals surface area contributed by atoms with E-state index in [1.807, 2.05) is 6.92 Å². The van der Waals surface area contributed by atoms with Gasteiger partial charge in [0, 0.05) is 22.5 Å². The van der Waals surface area contributed by atoms with E-state index in [-0.39, 0.29) is 11.1 Å². The minimum Gasteiger partial charge on any atom is -0.478 e. The second-order valence-corrected chi connectivity index (χ2v) is 6.57. The standard InChI is InChI=1S/C20H14ClN3O3/c1-11-17(12-3-2-4-13(9-12)20(26)27)18-16(10-22-11)19(25)24(23-18)15-7-5-14(21)6-8-15/h2-10,22H,1H3,(H,26,27). The maximum absolute atomic E-state index is 12.8. The van der Waals surface area contributed by atoms with Gasteiger partial charge in [0.2, 0.25) is 0 Å². The Balaban J connectivity index is 1.97. The van der Waals surface area contributed by atoms with Crippen molar-refractivity contribution in [3.05, 3.63) is 81.4 Å². The first-order valence-electron chi connectivity index (χ1n) is 8.16. The number of aromatic amines is 1. The van der Waals surface area contributed by atoms with Crippen LogP contribution in [0.25, 0.3) is 28.1 Å². The van der Waals surface area contributed by atoms with Crippen molar-refractivity contribution >= 4 is 17.6 Å². The van der Waals surface area contributed by atoms with Gasteiger partial charge in [0.1, 0.15) is 5.69 Å². The van der Waals surface area contributed by atoms with Crippen molar-refractivity contribution in [3.8, 4) is 28.1 Å². The van der Waals surface area contributed by atoms with Crippen LogP contribution in [0.2, 0.25) is 5.02 Å². The van der Waals surface area contributed by atoms with E-state index < -0.39 is 5.97 Å². The minimum atomic E-state index is -1.01. The summed E-state index contributed by atoms with van der Waals surface area (Å²) >= 11 is 5.92. The molecule has 134 valence electrons. The summed E-state index contributed by atoms with van der Waals surface area (Å²) in [7, 11) is 0. The van der Waals surface area contributed by atoms with Crippen LogP contribution >= 0.6 is 11.6 Å². The van der Waals surface area contributed by atoms with Crippen molar-refractivity contribution in [2.45, 2.75) is 6.92 Å². The van der Waals surface area contributed by atoms with Gasteiger partial charge in [-0.2, -0.15) is 9.78 Å². The van der Waals surface area contributed by atoms with Crippen molar-refractivity contribution in [2.24, 2.45) is 0 Å². The van der Waals surface area contributed by atoms with Gasteiger partial charge in [0.05, 0.1) is 16.8 Å². The quantitative estimate of drug-likeness (QED) is 0.563. The molecule has 0 spiro atoms. The lowest BCUT2D eigenvalue weighted by atomic mass is 9.97. The highest BCUT2D eigenvalue weighted by atomic mass is 35.5. The number of carboxylic acids is 1. The molecule has 2 aliphatic rings. The van der Waals surface area contributed by atoms with Gasteiger partial charge in [-0.1, -0.05) is 23.7 Å². The number of hydrogen-bond acceptors (Lipinski definition) is 3. The predicted octanol–water partition coefficient (Wildman–Crippen LogP) is 3.99. The molecule has 0 unspecified atom stereocenters. The molecule has 2 aliphatic heterocycles. The summed E-state index contributed by atoms with van der Waals surface area (Å²) < 4.78 is 1.32. The molecular formula is C20H14ClN3O3. The fourth-order valence-corrected chi connectivity index (χ4v) is 3.20. The predicted molar refractivity (Wildman–Crippen MR) is 103 cm³/mol. The third-order valence-corrected chi connectivity index (χ3v) is 4.64. The fourth-order valence-electron chi connectivity index (χ4n) is 3.08. The topological polar surface area (TPSA) is 88.0 Å². The molecule has 2 heterocycles. The van der Waals surface area contributed by atoms with Crippen molar-refractivity contribution in [2.75, 3.05) is 0 Å². The normalized spacial score (nSPS) is 11.0. The highest BCUT2D eigenvalue weighted by Crippen LogP contribution is 2.33. The molecule has 0 bridgehead atoms. The van der Waals surface area contributed by atoms with E-state index in [9.17, 15) is 14.7 Å². The molecule has 2 aromatic rings. The van der Waals surface area contributed by atoms with Crippen molar-refractivity contribution < 1.29 is 9.90 Å². The van der Waals surface area contributed by atoms with Crippen LogP contribution in [0, 0.1) is 6.92 Å². The highest BCUT2D eigenvalue weighted by Gasteiger charge is 2.22. The second-order valence-electron chi connectivity index (χ2n) is 6.13. The van der Waals surface area contributed by atoms with Gasteiger partial charge < -0.3 is 10.1 Å². The van der Waals surface area contributed by atoms with Gasteiger partial charge in [-0.15, -0.1) is 0 Å². The fraction of sp³-hybridized carbons (Fsp3) is 0.0500. The van der Waals surface area contributed by atoms with Gasteiger partial charge in [-0.05, 0) is 48.9 Å². The molecule has 2 N–H and O–H groups in total. The maximum atomic E-state index is 12.8. The number of nitrogens with zero attached hydrogens (tertiary/aromatic N) is 2. The Hall–Kier alpha value is -3.38. The number of fused-ring (bicyclic) bond motifs is 1. The van der Waals surface area contributed by atoms with Crippen LogP contribution in [0.1, 0.15) is 16.1 Å². The number of carboxylic acid groups (broad SMARTS) is 1. The van der Waals surface area contributed by atoms with E-state index in [4.69, 9.17) is 11.6 Å². The Labute approximate surface area is 159 Å². The van der Waals surface area contributed by atoms with Gasteiger partial charge in [-0.25, -0.2) is 4.79 Å². The number of rotatable bonds is 3. The Morgan fingerprint density at radius 1 is 1.19 bits per heavy atom. The molecule has 0 amide bonds. The van der Waals surface area contributed by atoms with E-state index in [0.717, 1.165) is 5.69 Å². The Morgan fingerprint density at radius 3 is 2.63 bits per heavy atom. The number of benzene rings is 2. The number of nitrogens with one attached hydrogen (secondary N) is 1. The van der Waals surface area contributed by atoms with E-state index in [0.29, 0.717) is 33.1 Å². The number of carbonyl (C=O) groups is 1. The van der Waals surface area contributed by atoms with E-state index in [1.54, 1.807) is 48.7 Å². The maximum Gasteiger partial charge on any atom is 0.335 e. The third-order valence-electron chi connectivity index (χ3n) is 4.39. The summed E-state index contributed by atoms with van der Waals surface area (Å²) in [5.74, 6) is -1.01. The summed E-state index contributed by atoms with van der Waals surface area (Å²) in [5.41, 5.74) is 3.59. The summed E-state index contributed by atoms with van der Waals surface area (Å²) in [4.78, 5) is 27.2. The lowest BCUT2D eigenvalue weighted by Gasteiger charge is -2.10. The Kier molecular flexibility index (Phi) is 4.05. The van der Waals surface area contributed by atoms with Crippen LogP contribution in [0.5, 0.6) is 0 Å². The molecule has 0 saturated heterocycles. The van der Waals surface area contributed by atoms with Crippen LogP contribution in [-0.2, 0) is 0 Å². The lowest BCUT2D eigenvalue weighted by Crippen LogP contribution is -2.14. The molecule has 4 rings (SSSR count). The number of hydrogen-bond donors (Lipinski definition) is 2. The number of aryl methyl sites for hydroxylation is 1. The van der Waals surface area contributed by atoms with Crippen molar-refractivity contribution in [1.82, 2.24) is 14.8 Å². The molecule has 7 heteroatoms. The summed E-state index contributed by atoms with van der Waals surface area (Å²) in [6, 6.07) is 13.4. The molecular weight excluding hydrogens is 366 g/mol. The summed E-state index contributed by atoms with van der Waals surface area (Å²) in [5, 5.41) is 14.4. The van der Waals surface area contributed by atoms with Crippen LogP contribution in [0.15, 0.2) is 59.5 Å². The SMILES string of the molecule is Cc1[nH]cc2c(=O)n(-c3ccc(Cl)cc3)nc-2c1-c1cccc(C(=O)O)c1. The van der Waals surface area contributed by atoms with Crippen LogP contribution in [0.4, 0.5) is 0 Å². The first-order chi connectivity index (χ1) is 13.0. The highest BCUT2D eigenvalue weighted by molar-refractivity contribution is 6.30. The first-order valence-corrected chi connectivity index (χ1v) is 8.54. The molecule has 0 aliphatic carbocycles. The zero-order valence-electron chi connectivity index (χ0n) is 14.2. The zero-order chi connectivity index (χ0) is 19.1. The van der Waals surface area contributed by atoms with Crippen molar-refractivity contribution in [1.29, 1.82) is 0 Å². The monoisotopic (exact) mass is 379 g/mol. The summed E-state index contributed by atoms with van der Waals surface area (Å²) in [6.07, 6.45) is 1.62. The largest absolute Gasteiger partial charge is 0.478 e.